The van der Waals surface area contributed by atoms with Crippen LogP contribution >= 0.6 is 0 Å². The number of amides is 2. The average molecular weight is 490 g/mol. The summed E-state index contributed by atoms with van der Waals surface area (Å²) in [6, 6.07) is 0. The van der Waals surface area contributed by atoms with Gasteiger partial charge in [-0.1, -0.05) is 0 Å². The molecule has 0 aromatic carbocycles. The van der Waals surface area contributed by atoms with E-state index in [4.69, 9.17) is 33.5 Å². The van der Waals surface area contributed by atoms with Gasteiger partial charge in [0.05, 0.1) is 72.6 Å². The molecule has 0 radical (unpaired) electrons. The maximum absolute atomic E-state index is 11.4. The number of ether oxygens (including phenoxy) is 6. The van der Waals surface area contributed by atoms with Crippen molar-refractivity contribution in [1.82, 2.24) is 4.90 Å². The highest BCUT2D eigenvalue weighted by Gasteiger charge is 2.22. The van der Waals surface area contributed by atoms with Crippen LogP contribution in [0.5, 0.6) is 0 Å². The van der Waals surface area contributed by atoms with Crippen molar-refractivity contribution in [2.45, 2.75) is 25.7 Å². The number of nitrogens with zero attached hydrogens (tertiary/aromatic N) is 1. The molecular weight excluding hydrogens is 454 g/mol. The van der Waals surface area contributed by atoms with Gasteiger partial charge in [-0.25, -0.2) is 0 Å². The second kappa shape index (κ2) is 20.0. The Morgan fingerprint density at radius 1 is 0.647 bits per heavy atom. The molecule has 34 heavy (non-hydrogen) atoms. The van der Waals surface area contributed by atoms with E-state index < -0.39 is 5.97 Å². The molecule has 1 rings (SSSR count). The summed E-state index contributed by atoms with van der Waals surface area (Å²) in [7, 11) is 0. The van der Waals surface area contributed by atoms with Crippen LogP contribution in [0, 0.1) is 0 Å². The van der Waals surface area contributed by atoms with Gasteiger partial charge in [0.15, 0.2) is 0 Å². The minimum Gasteiger partial charge on any atom is -0.481 e. The third-order valence-electron chi connectivity index (χ3n) is 4.36. The second-order valence-corrected chi connectivity index (χ2v) is 7.04. The Kier molecular flexibility index (Phi) is 17.5. The van der Waals surface area contributed by atoms with Crippen molar-refractivity contribution < 1.29 is 52.7 Å². The molecule has 0 aromatic rings. The number of hydrogen-bond acceptors (Lipinski definition) is 10. The Balaban J connectivity index is 1.72. The van der Waals surface area contributed by atoms with Crippen molar-refractivity contribution in [3.63, 3.8) is 0 Å². The van der Waals surface area contributed by atoms with E-state index in [1.54, 1.807) is 0 Å². The average Bonchev–Trinajstić information content (AvgIpc) is 3.13. The smallest absolute Gasteiger partial charge is 0.305 e. The van der Waals surface area contributed by atoms with Crippen LogP contribution in [0.25, 0.3) is 0 Å². The van der Waals surface area contributed by atoms with Crippen molar-refractivity contribution in [3.05, 3.63) is 12.2 Å². The number of carboxylic acid groups (broad SMARTS) is 1. The molecule has 0 spiro atoms. The minimum absolute atomic E-state index is 0.0549. The zero-order valence-electron chi connectivity index (χ0n) is 19.4. The fourth-order valence-corrected chi connectivity index (χ4v) is 2.62. The number of carbonyl (C=O) groups excluding carboxylic acids is 3. The first-order valence-electron chi connectivity index (χ1n) is 11.3. The summed E-state index contributed by atoms with van der Waals surface area (Å²) in [5, 5.41) is 8.51. The van der Waals surface area contributed by atoms with Gasteiger partial charge >= 0.3 is 11.9 Å². The molecule has 1 heterocycles. The number of hydrogen-bond donors (Lipinski definition) is 1. The van der Waals surface area contributed by atoms with Gasteiger partial charge in [-0.3, -0.25) is 24.1 Å². The van der Waals surface area contributed by atoms with Crippen LogP contribution in [0.4, 0.5) is 0 Å². The maximum Gasteiger partial charge on any atom is 0.305 e. The Hall–Kier alpha value is -2.38. The predicted octanol–water partition coefficient (Wildman–Crippen LogP) is 0.183. The molecular formula is C22H35NO11. The quantitative estimate of drug-likeness (QED) is 0.119. The minimum atomic E-state index is -0.869. The molecule has 0 aromatic heterocycles. The lowest BCUT2D eigenvalue weighted by Gasteiger charge is -2.13. The van der Waals surface area contributed by atoms with Gasteiger partial charge in [0.2, 0.25) is 0 Å². The zero-order valence-corrected chi connectivity index (χ0v) is 19.4. The Bertz CT molecular complexity index is 620. The molecule has 1 aliphatic heterocycles. The predicted molar refractivity (Wildman–Crippen MR) is 117 cm³/mol. The largest absolute Gasteiger partial charge is 0.481 e. The van der Waals surface area contributed by atoms with E-state index in [0.717, 1.165) is 4.90 Å². The number of aliphatic carboxylic acids is 1. The molecule has 12 nitrogen and oxygen atoms in total. The topological polar surface area (TPSA) is 147 Å². The van der Waals surface area contributed by atoms with Gasteiger partial charge < -0.3 is 33.5 Å². The molecule has 0 atom stereocenters. The second-order valence-electron chi connectivity index (χ2n) is 7.04. The summed E-state index contributed by atoms with van der Waals surface area (Å²) < 4.78 is 31.7. The van der Waals surface area contributed by atoms with Crippen LogP contribution in [0.3, 0.4) is 0 Å². The summed E-state index contributed by atoms with van der Waals surface area (Å²) in [5.41, 5.74) is 0. The van der Waals surface area contributed by atoms with Crippen LogP contribution in [-0.2, 0) is 47.6 Å². The lowest BCUT2D eigenvalue weighted by atomic mass is 10.2. The highest BCUT2D eigenvalue weighted by Crippen LogP contribution is 2.02. The Morgan fingerprint density at radius 2 is 1.06 bits per heavy atom. The first kappa shape index (κ1) is 29.7. The number of rotatable bonds is 23. The summed E-state index contributed by atoms with van der Waals surface area (Å²) >= 11 is 0. The normalized spacial score (nSPS) is 13.1. The number of esters is 1. The molecule has 0 unspecified atom stereocenters. The van der Waals surface area contributed by atoms with E-state index in [0.29, 0.717) is 65.7 Å². The first-order chi connectivity index (χ1) is 16.5. The molecule has 0 fully saturated rings. The summed E-state index contributed by atoms with van der Waals surface area (Å²) in [6.45, 7) is 4.10. The summed E-state index contributed by atoms with van der Waals surface area (Å²) in [6.07, 6.45) is 3.69. The fraction of sp³-hybridized carbons (Fsp3) is 0.727. The maximum atomic E-state index is 11.4. The van der Waals surface area contributed by atoms with Crippen LogP contribution in [0.1, 0.15) is 25.7 Å². The van der Waals surface area contributed by atoms with Gasteiger partial charge in [-0.2, -0.15) is 0 Å². The van der Waals surface area contributed by atoms with E-state index in [1.165, 1.54) is 12.2 Å². The van der Waals surface area contributed by atoms with Crippen LogP contribution in [-0.4, -0.2) is 113 Å². The Labute approximate surface area is 199 Å². The van der Waals surface area contributed by atoms with Crippen molar-refractivity contribution in [1.29, 1.82) is 0 Å². The van der Waals surface area contributed by atoms with Gasteiger partial charge in [-0.05, 0) is 12.8 Å². The third-order valence-corrected chi connectivity index (χ3v) is 4.36. The van der Waals surface area contributed by atoms with E-state index >= 15 is 0 Å². The number of carboxylic acids is 1. The SMILES string of the molecule is O=C(O)CCCCC(=O)OCCOCCOCCOCCOCCOCCN1C(=O)C=CC1=O. The molecule has 0 saturated heterocycles. The third kappa shape index (κ3) is 16.3. The first-order valence-corrected chi connectivity index (χ1v) is 11.3. The van der Waals surface area contributed by atoms with Crippen molar-refractivity contribution >= 4 is 23.8 Å². The van der Waals surface area contributed by atoms with Crippen molar-refractivity contribution in [2.24, 2.45) is 0 Å². The Morgan fingerprint density at radius 3 is 1.53 bits per heavy atom. The van der Waals surface area contributed by atoms with Crippen molar-refractivity contribution in [2.75, 3.05) is 79.2 Å². The molecule has 0 bridgehead atoms. The van der Waals surface area contributed by atoms with Crippen molar-refractivity contribution in [3.8, 4) is 0 Å². The van der Waals surface area contributed by atoms with Gasteiger partial charge in [-0.15, -0.1) is 0 Å². The molecule has 194 valence electrons. The molecule has 1 N–H and O–H groups in total. The lowest BCUT2D eigenvalue weighted by Crippen LogP contribution is -2.33. The van der Waals surface area contributed by atoms with Gasteiger partial charge in [0, 0.05) is 25.0 Å². The van der Waals surface area contributed by atoms with E-state index in [1.807, 2.05) is 0 Å². The number of imide groups is 1. The number of carbonyl (C=O) groups is 4. The summed E-state index contributed by atoms with van der Waals surface area (Å²) in [4.78, 5) is 45.6. The number of unbranched alkanes of at least 4 members (excludes halogenated alkanes) is 1. The van der Waals surface area contributed by atoms with Crippen LogP contribution in [0.2, 0.25) is 0 Å². The standard InChI is InChI=1S/C22H35NO11/c24-19-5-6-20(25)23(19)7-8-29-9-10-30-11-12-31-13-14-32-15-16-33-17-18-34-22(28)4-2-1-3-21(26)27/h5-6H,1-4,7-18H2,(H,26,27). The zero-order chi connectivity index (χ0) is 24.9. The van der Waals surface area contributed by atoms with Crippen LogP contribution in [0.15, 0.2) is 12.2 Å². The van der Waals surface area contributed by atoms with Gasteiger partial charge in [0.1, 0.15) is 6.61 Å². The van der Waals surface area contributed by atoms with E-state index in [9.17, 15) is 19.2 Å². The molecule has 0 saturated carbocycles. The highest BCUT2D eigenvalue weighted by atomic mass is 16.6. The van der Waals surface area contributed by atoms with E-state index in [2.05, 4.69) is 0 Å². The van der Waals surface area contributed by atoms with E-state index in [-0.39, 0.29) is 57.0 Å². The lowest BCUT2D eigenvalue weighted by molar-refractivity contribution is -0.146. The van der Waals surface area contributed by atoms with Gasteiger partial charge in [0.25, 0.3) is 11.8 Å². The summed E-state index contributed by atoms with van der Waals surface area (Å²) in [5.74, 6) is -1.86. The molecule has 2 amide bonds. The fourth-order valence-electron chi connectivity index (χ4n) is 2.62. The molecule has 0 aliphatic carbocycles. The molecule has 12 heteroatoms. The highest BCUT2D eigenvalue weighted by molar-refractivity contribution is 6.12. The molecule has 1 aliphatic rings. The monoisotopic (exact) mass is 489 g/mol. The van der Waals surface area contributed by atoms with Crippen LogP contribution < -0.4 is 0 Å².